The molecule has 6 aliphatic rings. The van der Waals surface area contributed by atoms with E-state index in [4.69, 9.17) is 28.9 Å². The number of benzene rings is 5. The van der Waals surface area contributed by atoms with Gasteiger partial charge in [-0.15, -0.1) is 0 Å². The summed E-state index contributed by atoms with van der Waals surface area (Å²) in [6.45, 7) is 0.967. The summed E-state index contributed by atoms with van der Waals surface area (Å²) in [4.78, 5) is 18.2. The van der Waals surface area contributed by atoms with Gasteiger partial charge in [0, 0.05) is 111 Å². The van der Waals surface area contributed by atoms with Crippen LogP contribution in [0.15, 0.2) is 122 Å². The minimum absolute atomic E-state index is 0.269. The van der Waals surface area contributed by atoms with E-state index in [-0.39, 0.29) is 13.4 Å². The van der Waals surface area contributed by atoms with Crippen molar-refractivity contribution in [3.63, 3.8) is 0 Å². The largest absolute Gasteiger partial charge is 0.454 e. The average molecular weight is 786 g/mol. The van der Waals surface area contributed by atoms with Gasteiger partial charge in [0.25, 0.3) is 13.4 Å². The summed E-state index contributed by atoms with van der Waals surface area (Å²) in [7, 11) is 8.19. The molecule has 0 spiro atoms. The van der Waals surface area contributed by atoms with Gasteiger partial charge in [0.2, 0.25) is 0 Å². The summed E-state index contributed by atoms with van der Waals surface area (Å²) in [6, 6.07) is 25.7. The Morgan fingerprint density at radius 1 is 0.467 bits per heavy atom. The van der Waals surface area contributed by atoms with Crippen molar-refractivity contribution < 1.29 is 18.9 Å². The summed E-state index contributed by atoms with van der Waals surface area (Å²) in [6.07, 6.45) is 16.0. The van der Waals surface area contributed by atoms with Gasteiger partial charge in [-0.25, -0.2) is 9.97 Å². The molecule has 8 heterocycles. The fourth-order valence-corrected chi connectivity index (χ4v) is 9.78. The average Bonchev–Trinajstić information content (AvgIpc) is 4.10. The van der Waals surface area contributed by atoms with Crippen molar-refractivity contribution in [1.82, 2.24) is 28.9 Å². The van der Waals surface area contributed by atoms with E-state index >= 15 is 0 Å². The van der Waals surface area contributed by atoms with Crippen LogP contribution in [0.25, 0.3) is 22.8 Å². The third-order valence-corrected chi connectivity index (χ3v) is 12.6. The van der Waals surface area contributed by atoms with Crippen molar-refractivity contribution in [2.45, 2.75) is 0 Å². The first-order chi connectivity index (χ1) is 29.3. The van der Waals surface area contributed by atoms with Gasteiger partial charge in [0.1, 0.15) is 34.6 Å². The Balaban J connectivity index is 1.06. The number of rotatable bonds is 4. The van der Waals surface area contributed by atoms with E-state index in [0.29, 0.717) is 23.0 Å². The Bertz CT molecular complexity index is 2860. The molecule has 0 amide bonds. The first-order valence-corrected chi connectivity index (χ1v) is 20.1. The highest BCUT2D eigenvalue weighted by molar-refractivity contribution is 7.00. The van der Waals surface area contributed by atoms with Gasteiger partial charge < -0.3 is 47.7 Å². The molecule has 0 N–H and O–H groups in total. The number of anilines is 2. The number of aromatic nitrogens is 4. The smallest absolute Gasteiger partial charge is 0.261 e. The molecule has 0 radical (unpaired) electrons. The number of imidazole rings is 2. The lowest BCUT2D eigenvalue weighted by Crippen LogP contribution is -2.61. The zero-order chi connectivity index (χ0) is 40.0. The minimum Gasteiger partial charge on any atom is -0.454 e. The van der Waals surface area contributed by atoms with Crippen molar-refractivity contribution in [1.29, 1.82) is 0 Å². The fourth-order valence-electron chi connectivity index (χ4n) is 9.78. The van der Waals surface area contributed by atoms with E-state index in [1.54, 1.807) is 0 Å². The lowest BCUT2D eigenvalue weighted by atomic mass is 9.32. The number of aryl methyl sites for hydroxylation is 2. The lowest BCUT2D eigenvalue weighted by molar-refractivity contribution is 0.396. The number of hydrogen-bond donors (Lipinski definition) is 0. The molecule has 0 aliphatic carbocycles. The van der Waals surface area contributed by atoms with Gasteiger partial charge in [0.05, 0.1) is 13.3 Å². The van der Waals surface area contributed by atoms with Crippen molar-refractivity contribution in [3.05, 3.63) is 122 Å². The molecule has 0 saturated carbocycles. The van der Waals surface area contributed by atoms with Gasteiger partial charge >= 0.3 is 0 Å². The molecule has 290 valence electrons. The molecule has 0 bridgehead atoms. The van der Waals surface area contributed by atoms with Gasteiger partial charge in [-0.1, -0.05) is 12.1 Å². The van der Waals surface area contributed by atoms with Crippen LogP contribution in [0, 0.1) is 0 Å². The van der Waals surface area contributed by atoms with E-state index in [2.05, 4.69) is 131 Å². The van der Waals surface area contributed by atoms with Crippen LogP contribution in [0.2, 0.25) is 0 Å². The third kappa shape index (κ3) is 4.69. The van der Waals surface area contributed by atoms with E-state index in [9.17, 15) is 0 Å². The number of fused-ring (bicyclic) bond motifs is 10. The fraction of sp³-hybridized carbons (Fsp3) is 0.130. The predicted molar refractivity (Wildman–Crippen MR) is 235 cm³/mol. The Hall–Kier alpha value is -7.47. The molecule has 7 aromatic rings. The molecule has 13 rings (SSSR count). The molecule has 0 saturated heterocycles. The van der Waals surface area contributed by atoms with Crippen LogP contribution in [0.4, 0.5) is 11.4 Å². The molecular weight excluding hydrogens is 750 g/mol. The summed E-state index contributed by atoms with van der Waals surface area (Å²) < 4.78 is 32.6. The SMILES string of the molecule is CN1C=CN(c2ccc3c(c2)B2c4cc(-c5nccn5C)ccc4Oc4c5c6c(c(c42)O3)Oc2ccc(N3C=CN(C)C3)cc2B6c2cc(-c3nccn3C)ccc2O5)C1. The number of nitrogens with zero attached hydrogens (tertiary/aromatic N) is 8. The maximum absolute atomic E-state index is 7.13. The van der Waals surface area contributed by atoms with Crippen LogP contribution in [0.5, 0.6) is 46.0 Å². The van der Waals surface area contributed by atoms with Crippen LogP contribution >= 0.6 is 0 Å². The number of hydrogen-bond acceptors (Lipinski definition) is 10. The highest BCUT2D eigenvalue weighted by Gasteiger charge is 2.51. The van der Waals surface area contributed by atoms with Crippen LogP contribution in [0.3, 0.4) is 0 Å². The summed E-state index contributed by atoms with van der Waals surface area (Å²) in [5.41, 5.74) is 10.0. The Kier molecular flexibility index (Phi) is 6.72. The second-order valence-electron chi connectivity index (χ2n) is 16.4. The second kappa shape index (κ2) is 12.0. The zero-order valence-electron chi connectivity index (χ0n) is 33.3. The zero-order valence-corrected chi connectivity index (χ0v) is 33.3. The van der Waals surface area contributed by atoms with Gasteiger partial charge in [0.15, 0.2) is 23.0 Å². The lowest BCUT2D eigenvalue weighted by Gasteiger charge is -2.40. The van der Waals surface area contributed by atoms with Crippen LogP contribution in [-0.4, -0.2) is 69.8 Å². The first-order valence-electron chi connectivity index (χ1n) is 20.1. The minimum atomic E-state index is -0.269. The summed E-state index contributed by atoms with van der Waals surface area (Å²) in [5, 5.41) is 0. The molecule has 0 atom stereocenters. The summed E-state index contributed by atoms with van der Waals surface area (Å²) in [5.74, 6) is 7.35. The van der Waals surface area contributed by atoms with E-state index in [1.165, 1.54) is 0 Å². The first kappa shape index (κ1) is 33.5. The molecule has 6 aliphatic heterocycles. The molecule has 0 unspecified atom stereocenters. The molecule has 14 heteroatoms. The predicted octanol–water partition coefficient (Wildman–Crippen LogP) is 4.30. The van der Waals surface area contributed by atoms with Crippen LogP contribution < -0.4 is 61.5 Å². The number of ether oxygens (including phenoxy) is 4. The monoisotopic (exact) mass is 786 g/mol. The van der Waals surface area contributed by atoms with Crippen molar-refractivity contribution in [3.8, 4) is 68.8 Å². The van der Waals surface area contributed by atoms with Crippen molar-refractivity contribution in [2.24, 2.45) is 14.1 Å². The quantitative estimate of drug-likeness (QED) is 0.241. The van der Waals surface area contributed by atoms with Gasteiger partial charge in [-0.2, -0.15) is 0 Å². The molecule has 0 fully saturated rings. The molecular formula is C46H36B2N8O4. The van der Waals surface area contributed by atoms with Crippen LogP contribution in [0.1, 0.15) is 0 Å². The van der Waals surface area contributed by atoms with Gasteiger partial charge in [-0.05, 0) is 82.5 Å². The second-order valence-corrected chi connectivity index (χ2v) is 16.4. The topological polar surface area (TPSA) is 85.5 Å². The molecule has 12 nitrogen and oxygen atoms in total. The van der Waals surface area contributed by atoms with Gasteiger partial charge in [-0.3, -0.25) is 0 Å². The maximum atomic E-state index is 7.13. The Morgan fingerprint density at radius 2 is 0.850 bits per heavy atom. The van der Waals surface area contributed by atoms with Crippen molar-refractivity contribution >= 4 is 57.6 Å². The highest BCUT2D eigenvalue weighted by atomic mass is 16.5. The highest BCUT2D eigenvalue weighted by Crippen LogP contribution is 2.50. The maximum Gasteiger partial charge on any atom is 0.261 e. The van der Waals surface area contributed by atoms with E-state index in [1.807, 2.05) is 48.0 Å². The van der Waals surface area contributed by atoms with E-state index in [0.717, 1.165) is 103 Å². The molecule has 5 aromatic carbocycles. The van der Waals surface area contributed by atoms with Crippen molar-refractivity contribution in [2.75, 3.05) is 37.2 Å². The Labute approximate surface area is 346 Å². The Morgan fingerprint density at radius 3 is 1.20 bits per heavy atom. The normalized spacial score (nSPS) is 15.7. The standard InChI is InChI=1S/C46H36B2N8O4/c1-51-17-19-55(25-51)29-7-11-37-33(23-29)47-31-21-27(45-49-13-15-53(45)3)5-9-35(31)57-41-39(47)43(59-37)44-40-42(41)58-36-10-6-28(46-50-14-16-54(46)4)22-32(36)48(40)34-24-30(8-12-38(34)60-44)56-20-18-52(2)26-56/h5-24H,25-26H2,1-4H3. The molecule has 2 aromatic heterocycles. The third-order valence-electron chi connectivity index (χ3n) is 12.6. The van der Waals surface area contributed by atoms with E-state index < -0.39 is 0 Å². The summed E-state index contributed by atoms with van der Waals surface area (Å²) >= 11 is 0. The molecule has 60 heavy (non-hydrogen) atoms. The van der Waals surface area contributed by atoms with Crippen LogP contribution in [-0.2, 0) is 14.1 Å².